The summed E-state index contributed by atoms with van der Waals surface area (Å²) in [4.78, 5) is 20.6. The Labute approximate surface area is 191 Å². The van der Waals surface area contributed by atoms with Crippen molar-refractivity contribution in [3.63, 3.8) is 0 Å². The largest absolute Gasteiger partial charge is 0.439 e. The summed E-state index contributed by atoms with van der Waals surface area (Å²) in [5, 5.41) is 2.56. The minimum atomic E-state index is -3.91. The van der Waals surface area contributed by atoms with Gasteiger partial charge in [0, 0.05) is 24.2 Å². The van der Waals surface area contributed by atoms with E-state index in [-0.39, 0.29) is 22.6 Å². The number of aromatic nitrogens is 2. The summed E-state index contributed by atoms with van der Waals surface area (Å²) >= 11 is 0. The van der Waals surface area contributed by atoms with E-state index in [9.17, 15) is 13.2 Å². The van der Waals surface area contributed by atoms with Gasteiger partial charge in [-0.15, -0.1) is 0 Å². The van der Waals surface area contributed by atoms with E-state index in [1.54, 1.807) is 48.5 Å². The Morgan fingerprint density at radius 1 is 0.848 bits per heavy atom. The van der Waals surface area contributed by atoms with Gasteiger partial charge in [0.15, 0.2) is 0 Å². The lowest BCUT2D eigenvalue weighted by Gasteiger charge is -2.12. The van der Waals surface area contributed by atoms with Gasteiger partial charge in [-0.05, 0) is 30.3 Å². The number of sulfonamides is 1. The van der Waals surface area contributed by atoms with Crippen molar-refractivity contribution in [2.24, 2.45) is 0 Å². The molecule has 0 atom stereocenters. The first kappa shape index (κ1) is 22.0. The molecule has 4 rings (SSSR count). The van der Waals surface area contributed by atoms with Gasteiger partial charge in [-0.3, -0.25) is 4.79 Å². The summed E-state index contributed by atoms with van der Waals surface area (Å²) in [6.07, 6.45) is 0. The summed E-state index contributed by atoms with van der Waals surface area (Å²) in [6.45, 7) is 0. The second-order valence-electron chi connectivity index (χ2n) is 6.91. The number of ether oxygens (including phenoxy) is 1. The maximum atomic E-state index is 12.8. The Kier molecular flexibility index (Phi) is 6.32. The van der Waals surface area contributed by atoms with Crippen molar-refractivity contribution in [1.82, 2.24) is 15.3 Å². The third-order valence-corrected chi connectivity index (χ3v) is 5.94. The normalized spacial score (nSPS) is 10.9. The molecule has 0 fully saturated rings. The number of nitrogens with zero attached hydrogens (tertiary/aromatic N) is 2. The Morgan fingerprint density at radius 3 is 2.24 bits per heavy atom. The summed E-state index contributed by atoms with van der Waals surface area (Å²) in [6, 6.07) is 25.3. The molecule has 3 aromatic carbocycles. The van der Waals surface area contributed by atoms with E-state index >= 15 is 0 Å². The minimum Gasteiger partial charge on any atom is -0.439 e. The van der Waals surface area contributed by atoms with Gasteiger partial charge in [0.05, 0.1) is 10.6 Å². The van der Waals surface area contributed by atoms with Gasteiger partial charge >= 0.3 is 0 Å². The molecule has 1 aromatic heterocycles. The van der Waals surface area contributed by atoms with Crippen molar-refractivity contribution >= 4 is 21.9 Å². The van der Waals surface area contributed by atoms with Crippen LogP contribution in [-0.4, -0.2) is 31.3 Å². The molecule has 0 aliphatic rings. The summed E-state index contributed by atoms with van der Waals surface area (Å²) in [7, 11) is -2.37. The third kappa shape index (κ3) is 5.34. The van der Waals surface area contributed by atoms with Crippen molar-refractivity contribution in [1.29, 1.82) is 0 Å². The van der Waals surface area contributed by atoms with Gasteiger partial charge in [-0.25, -0.2) is 18.1 Å². The number of benzene rings is 3. The van der Waals surface area contributed by atoms with Gasteiger partial charge in [-0.1, -0.05) is 54.6 Å². The number of amides is 1. The zero-order valence-electron chi connectivity index (χ0n) is 17.6. The maximum absolute atomic E-state index is 12.8. The molecule has 0 spiro atoms. The standard InChI is InChI=1S/C24H20N4O4S/c1-25-23(29)18-11-8-12-19(15-18)32-22-16-21(17-9-4-2-5-10-17)26-24(27-22)28-33(30,31)20-13-6-3-7-14-20/h2-16H,1H3,(H,25,29)(H,26,27,28). The lowest BCUT2D eigenvalue weighted by atomic mass is 10.1. The molecule has 1 amide bonds. The van der Waals surface area contributed by atoms with Crippen molar-refractivity contribution in [2.75, 3.05) is 11.8 Å². The minimum absolute atomic E-state index is 0.0828. The smallest absolute Gasteiger partial charge is 0.264 e. The lowest BCUT2D eigenvalue weighted by molar-refractivity contribution is 0.0962. The highest BCUT2D eigenvalue weighted by Crippen LogP contribution is 2.27. The average molecular weight is 461 g/mol. The fourth-order valence-corrected chi connectivity index (χ4v) is 3.99. The SMILES string of the molecule is CNC(=O)c1cccc(Oc2cc(-c3ccccc3)nc(NS(=O)(=O)c3ccccc3)n2)c1. The van der Waals surface area contributed by atoms with E-state index < -0.39 is 10.0 Å². The number of hydrogen-bond donors (Lipinski definition) is 2. The number of carbonyl (C=O) groups is 1. The molecule has 8 nitrogen and oxygen atoms in total. The van der Waals surface area contributed by atoms with E-state index in [4.69, 9.17) is 4.74 Å². The number of rotatable bonds is 7. The number of nitrogens with one attached hydrogen (secondary N) is 2. The number of hydrogen-bond acceptors (Lipinski definition) is 6. The molecule has 33 heavy (non-hydrogen) atoms. The Hall–Kier alpha value is -4.24. The fraction of sp³-hybridized carbons (Fsp3) is 0.0417. The van der Waals surface area contributed by atoms with Gasteiger partial charge in [0.25, 0.3) is 15.9 Å². The molecule has 0 radical (unpaired) electrons. The van der Waals surface area contributed by atoms with E-state index in [1.165, 1.54) is 19.2 Å². The summed E-state index contributed by atoms with van der Waals surface area (Å²) in [5.74, 6) is 0.0800. The predicted octanol–water partition coefficient (Wildman–Crippen LogP) is 4.10. The monoisotopic (exact) mass is 460 g/mol. The van der Waals surface area contributed by atoms with Crippen LogP contribution in [0.3, 0.4) is 0 Å². The Morgan fingerprint density at radius 2 is 1.55 bits per heavy atom. The molecule has 2 N–H and O–H groups in total. The van der Waals surface area contributed by atoms with Crippen LogP contribution in [0, 0.1) is 0 Å². The van der Waals surface area contributed by atoms with Crippen molar-refractivity contribution < 1.29 is 17.9 Å². The van der Waals surface area contributed by atoms with Crippen LogP contribution in [0.25, 0.3) is 11.3 Å². The van der Waals surface area contributed by atoms with Crippen molar-refractivity contribution in [2.45, 2.75) is 4.90 Å². The highest BCUT2D eigenvalue weighted by Gasteiger charge is 2.17. The zero-order valence-corrected chi connectivity index (χ0v) is 18.4. The average Bonchev–Trinajstić information content (AvgIpc) is 2.84. The number of anilines is 1. The second-order valence-corrected chi connectivity index (χ2v) is 8.59. The molecule has 166 valence electrons. The molecule has 1 heterocycles. The Balaban J connectivity index is 1.72. The summed E-state index contributed by atoms with van der Waals surface area (Å²) < 4.78 is 33.9. The molecule has 0 aliphatic heterocycles. The van der Waals surface area contributed by atoms with Crippen LogP contribution < -0.4 is 14.8 Å². The van der Waals surface area contributed by atoms with E-state index in [2.05, 4.69) is 20.0 Å². The van der Waals surface area contributed by atoms with Gasteiger partial charge < -0.3 is 10.1 Å². The highest BCUT2D eigenvalue weighted by molar-refractivity contribution is 7.92. The van der Waals surface area contributed by atoms with Gasteiger partial charge in [-0.2, -0.15) is 4.98 Å². The first-order valence-corrected chi connectivity index (χ1v) is 11.5. The molecule has 0 saturated carbocycles. The zero-order chi connectivity index (χ0) is 23.3. The Bertz CT molecular complexity index is 1380. The molecular formula is C24H20N4O4S. The van der Waals surface area contributed by atoms with Gasteiger partial charge in [0.1, 0.15) is 5.75 Å². The molecule has 0 saturated heterocycles. The van der Waals surface area contributed by atoms with Crippen LogP contribution in [0.15, 0.2) is 95.9 Å². The molecule has 0 bridgehead atoms. The van der Waals surface area contributed by atoms with Crippen LogP contribution in [0.1, 0.15) is 10.4 Å². The van der Waals surface area contributed by atoms with E-state index in [1.807, 2.05) is 30.3 Å². The van der Waals surface area contributed by atoms with Gasteiger partial charge in [0.2, 0.25) is 11.8 Å². The lowest BCUT2D eigenvalue weighted by Crippen LogP contribution is -2.17. The van der Waals surface area contributed by atoms with E-state index in [0.29, 0.717) is 17.0 Å². The third-order valence-electron chi connectivity index (χ3n) is 4.60. The first-order chi connectivity index (χ1) is 15.9. The fourth-order valence-electron chi connectivity index (χ4n) is 3.02. The van der Waals surface area contributed by atoms with Crippen LogP contribution in [0.2, 0.25) is 0 Å². The first-order valence-electron chi connectivity index (χ1n) is 9.97. The quantitative estimate of drug-likeness (QED) is 0.430. The van der Waals surface area contributed by atoms with Crippen LogP contribution in [0.4, 0.5) is 5.95 Å². The number of carbonyl (C=O) groups excluding carboxylic acids is 1. The van der Waals surface area contributed by atoms with Crippen LogP contribution in [-0.2, 0) is 10.0 Å². The molecular weight excluding hydrogens is 440 g/mol. The molecule has 0 aliphatic carbocycles. The second kappa shape index (κ2) is 9.49. The predicted molar refractivity (Wildman–Crippen MR) is 125 cm³/mol. The van der Waals surface area contributed by atoms with Crippen LogP contribution in [0.5, 0.6) is 11.6 Å². The molecule has 0 unspecified atom stereocenters. The molecule has 4 aromatic rings. The van der Waals surface area contributed by atoms with E-state index in [0.717, 1.165) is 5.56 Å². The summed E-state index contributed by atoms with van der Waals surface area (Å²) in [5.41, 5.74) is 1.63. The maximum Gasteiger partial charge on any atom is 0.264 e. The van der Waals surface area contributed by atoms with Crippen molar-refractivity contribution in [3.05, 3.63) is 96.6 Å². The van der Waals surface area contributed by atoms with Crippen LogP contribution >= 0.6 is 0 Å². The highest BCUT2D eigenvalue weighted by atomic mass is 32.2. The molecule has 9 heteroatoms. The van der Waals surface area contributed by atoms with Crippen molar-refractivity contribution in [3.8, 4) is 22.9 Å². The topological polar surface area (TPSA) is 110 Å².